The fourth-order valence-corrected chi connectivity index (χ4v) is 2.32. The summed E-state index contributed by atoms with van der Waals surface area (Å²) in [7, 11) is 0. The summed E-state index contributed by atoms with van der Waals surface area (Å²) in [6.07, 6.45) is 0. The molecule has 0 saturated carbocycles. The molecule has 1 aliphatic rings. The molecule has 0 aliphatic carbocycles. The molecule has 8 nitrogen and oxygen atoms in total. The number of urea groups is 2. The maximum atomic E-state index is 12.5. The summed E-state index contributed by atoms with van der Waals surface area (Å²) in [4.78, 5) is 48.4. The second kappa shape index (κ2) is 6.47. The van der Waals surface area contributed by atoms with Crippen LogP contribution >= 0.6 is 0 Å². The third-order valence-corrected chi connectivity index (χ3v) is 3.52. The normalized spacial score (nSPS) is 20.2. The van der Waals surface area contributed by atoms with Gasteiger partial charge in [0.2, 0.25) is 5.91 Å². The van der Waals surface area contributed by atoms with E-state index in [2.05, 4.69) is 16.0 Å². The van der Waals surface area contributed by atoms with Crippen molar-refractivity contribution in [2.75, 3.05) is 13.1 Å². The summed E-state index contributed by atoms with van der Waals surface area (Å²) >= 11 is 0. The SMILES string of the molecule is CCNC(=O)NC(=O)CN1C(=O)N[C@](C)(c2ccccc2)C1=O. The van der Waals surface area contributed by atoms with Crippen molar-refractivity contribution >= 4 is 23.9 Å². The molecule has 1 aliphatic heterocycles. The van der Waals surface area contributed by atoms with Gasteiger partial charge in [0.15, 0.2) is 0 Å². The molecule has 3 N–H and O–H groups in total. The minimum Gasteiger partial charge on any atom is -0.338 e. The van der Waals surface area contributed by atoms with E-state index >= 15 is 0 Å². The van der Waals surface area contributed by atoms with Crippen molar-refractivity contribution in [2.45, 2.75) is 19.4 Å². The molecule has 1 heterocycles. The van der Waals surface area contributed by atoms with Crippen molar-refractivity contribution in [3.63, 3.8) is 0 Å². The number of nitrogens with zero attached hydrogens (tertiary/aromatic N) is 1. The summed E-state index contributed by atoms with van der Waals surface area (Å²) in [5, 5.41) is 7.03. The first-order chi connectivity index (χ1) is 10.9. The van der Waals surface area contributed by atoms with Crippen molar-refractivity contribution in [3.8, 4) is 0 Å². The Morgan fingerprint density at radius 1 is 1.22 bits per heavy atom. The minimum atomic E-state index is -1.23. The van der Waals surface area contributed by atoms with Gasteiger partial charge < -0.3 is 10.6 Å². The molecule has 2 rings (SSSR count). The Hall–Kier alpha value is -2.90. The number of amides is 6. The second-order valence-corrected chi connectivity index (χ2v) is 5.22. The Kier molecular flexibility index (Phi) is 4.63. The van der Waals surface area contributed by atoms with Crippen molar-refractivity contribution in [1.29, 1.82) is 0 Å². The smallest absolute Gasteiger partial charge is 0.325 e. The van der Waals surface area contributed by atoms with Crippen LogP contribution in [0.15, 0.2) is 30.3 Å². The Balaban J connectivity index is 2.10. The number of rotatable bonds is 4. The lowest BCUT2D eigenvalue weighted by Crippen LogP contribution is -2.46. The summed E-state index contributed by atoms with van der Waals surface area (Å²) < 4.78 is 0. The van der Waals surface area contributed by atoms with E-state index in [1.165, 1.54) is 0 Å². The third-order valence-electron chi connectivity index (χ3n) is 3.52. The van der Waals surface area contributed by atoms with Gasteiger partial charge in [-0.2, -0.15) is 0 Å². The van der Waals surface area contributed by atoms with E-state index in [0.29, 0.717) is 12.1 Å². The number of hydrogen-bond donors (Lipinski definition) is 3. The number of carbonyl (C=O) groups is 4. The van der Waals surface area contributed by atoms with E-state index in [-0.39, 0.29) is 0 Å². The lowest BCUT2D eigenvalue weighted by molar-refractivity contribution is -0.134. The molecule has 0 spiro atoms. The van der Waals surface area contributed by atoms with Crippen LogP contribution in [0.1, 0.15) is 19.4 Å². The number of benzene rings is 1. The van der Waals surface area contributed by atoms with Crippen LogP contribution in [0, 0.1) is 0 Å². The Morgan fingerprint density at radius 2 is 1.87 bits per heavy atom. The summed E-state index contributed by atoms with van der Waals surface area (Å²) in [6.45, 7) is 3.11. The van der Waals surface area contributed by atoms with Crippen LogP contribution in [0.4, 0.5) is 9.59 Å². The van der Waals surface area contributed by atoms with E-state index in [1.54, 1.807) is 44.2 Å². The number of imide groups is 2. The number of hydrogen-bond acceptors (Lipinski definition) is 4. The highest BCUT2D eigenvalue weighted by Gasteiger charge is 2.49. The average Bonchev–Trinajstić information content (AvgIpc) is 2.73. The fraction of sp³-hybridized carbons (Fsp3) is 0.333. The molecule has 0 radical (unpaired) electrons. The van der Waals surface area contributed by atoms with E-state index < -0.39 is 36.0 Å². The van der Waals surface area contributed by atoms with Crippen LogP contribution in [0.3, 0.4) is 0 Å². The van der Waals surface area contributed by atoms with Gasteiger partial charge in [0.25, 0.3) is 5.91 Å². The topological polar surface area (TPSA) is 108 Å². The van der Waals surface area contributed by atoms with Gasteiger partial charge in [-0.25, -0.2) is 9.59 Å². The van der Waals surface area contributed by atoms with Crippen molar-refractivity contribution in [3.05, 3.63) is 35.9 Å². The molecule has 122 valence electrons. The Morgan fingerprint density at radius 3 is 2.48 bits per heavy atom. The first-order valence-electron chi connectivity index (χ1n) is 7.15. The van der Waals surface area contributed by atoms with Crippen LogP contribution in [0.5, 0.6) is 0 Å². The predicted octanol–water partition coefficient (Wildman–Crippen LogP) is 0.299. The number of nitrogens with one attached hydrogen (secondary N) is 3. The van der Waals surface area contributed by atoms with E-state index in [9.17, 15) is 19.2 Å². The molecule has 0 bridgehead atoms. The van der Waals surface area contributed by atoms with Gasteiger partial charge >= 0.3 is 12.1 Å². The molecular formula is C15H18N4O4. The van der Waals surface area contributed by atoms with Gasteiger partial charge in [0, 0.05) is 6.54 Å². The lowest BCUT2D eigenvalue weighted by Gasteiger charge is -2.22. The van der Waals surface area contributed by atoms with Gasteiger partial charge in [0.1, 0.15) is 12.1 Å². The highest BCUT2D eigenvalue weighted by molar-refractivity contribution is 6.10. The molecule has 6 amide bonds. The second-order valence-electron chi connectivity index (χ2n) is 5.22. The van der Waals surface area contributed by atoms with Crippen LogP contribution in [0.25, 0.3) is 0 Å². The van der Waals surface area contributed by atoms with Gasteiger partial charge in [0.05, 0.1) is 0 Å². The summed E-state index contributed by atoms with van der Waals surface area (Å²) in [5.41, 5.74) is -0.616. The molecule has 1 atom stereocenters. The molecule has 8 heteroatoms. The zero-order valence-electron chi connectivity index (χ0n) is 12.9. The first-order valence-corrected chi connectivity index (χ1v) is 7.15. The zero-order chi connectivity index (χ0) is 17.0. The molecule has 1 aromatic carbocycles. The zero-order valence-corrected chi connectivity index (χ0v) is 12.9. The molecular weight excluding hydrogens is 300 g/mol. The molecule has 1 saturated heterocycles. The number of carbonyl (C=O) groups excluding carboxylic acids is 4. The van der Waals surface area contributed by atoms with Gasteiger partial charge in [-0.05, 0) is 19.4 Å². The molecule has 0 aromatic heterocycles. The largest absolute Gasteiger partial charge is 0.338 e. The molecule has 23 heavy (non-hydrogen) atoms. The fourth-order valence-electron chi connectivity index (χ4n) is 2.32. The van der Waals surface area contributed by atoms with Crippen LogP contribution in [-0.2, 0) is 15.1 Å². The molecule has 0 unspecified atom stereocenters. The monoisotopic (exact) mass is 318 g/mol. The van der Waals surface area contributed by atoms with Crippen molar-refractivity contribution < 1.29 is 19.2 Å². The van der Waals surface area contributed by atoms with Gasteiger partial charge in [-0.3, -0.25) is 19.8 Å². The van der Waals surface area contributed by atoms with Gasteiger partial charge in [-0.1, -0.05) is 30.3 Å². The third kappa shape index (κ3) is 3.31. The lowest BCUT2D eigenvalue weighted by atomic mass is 9.92. The average molecular weight is 318 g/mol. The minimum absolute atomic E-state index is 0.355. The molecule has 1 fully saturated rings. The van der Waals surface area contributed by atoms with E-state index in [1.807, 2.05) is 0 Å². The van der Waals surface area contributed by atoms with Gasteiger partial charge in [-0.15, -0.1) is 0 Å². The maximum absolute atomic E-state index is 12.5. The van der Waals surface area contributed by atoms with E-state index in [4.69, 9.17) is 0 Å². The van der Waals surface area contributed by atoms with Crippen LogP contribution in [0.2, 0.25) is 0 Å². The standard InChI is InChI=1S/C15H18N4O4/c1-3-16-13(22)17-11(20)9-19-12(21)15(2,18-14(19)23)10-7-5-4-6-8-10/h4-8H,3,9H2,1-2H3,(H,18,23)(H2,16,17,20,22)/t15-/m1/s1. The summed E-state index contributed by atoms with van der Waals surface area (Å²) in [6, 6.07) is 7.40. The van der Waals surface area contributed by atoms with Crippen molar-refractivity contribution in [1.82, 2.24) is 20.9 Å². The summed E-state index contributed by atoms with van der Waals surface area (Å²) in [5.74, 6) is -1.28. The Bertz CT molecular complexity index is 646. The Labute approximate surface area is 133 Å². The quantitative estimate of drug-likeness (QED) is 0.694. The maximum Gasteiger partial charge on any atom is 0.325 e. The first kappa shape index (κ1) is 16.5. The van der Waals surface area contributed by atoms with E-state index in [0.717, 1.165) is 4.90 Å². The highest BCUT2D eigenvalue weighted by atomic mass is 16.2. The predicted molar refractivity (Wildman–Crippen MR) is 81.3 cm³/mol. The van der Waals surface area contributed by atoms with Crippen LogP contribution < -0.4 is 16.0 Å². The van der Waals surface area contributed by atoms with Crippen LogP contribution in [-0.4, -0.2) is 41.9 Å². The molecule has 1 aromatic rings. The van der Waals surface area contributed by atoms with Crippen molar-refractivity contribution in [2.24, 2.45) is 0 Å². The highest BCUT2D eigenvalue weighted by Crippen LogP contribution is 2.28.